The zero-order chi connectivity index (χ0) is 13.0. The van der Waals surface area contributed by atoms with Crippen LogP contribution in [0.1, 0.15) is 45.1 Å². The van der Waals surface area contributed by atoms with E-state index in [0.29, 0.717) is 5.78 Å². The Balaban J connectivity index is 2.48. The molecular weight excluding hydrogens is 222 g/mol. The van der Waals surface area contributed by atoms with Gasteiger partial charge in [-0.1, -0.05) is 50.6 Å². The van der Waals surface area contributed by atoms with Crippen LogP contribution in [0.5, 0.6) is 0 Å². The zero-order valence-corrected chi connectivity index (χ0v) is 11.5. The minimum atomic E-state index is -0.358. The molecule has 1 atom stereocenters. The molecule has 0 heterocycles. The predicted molar refractivity (Wildman–Crippen MR) is 74.5 cm³/mol. The standard InChI is InChI=1S/C16H23NO/c1-3-17(4-2)16(13-9-8-12-15(16)18)14-10-6-5-7-11-14/h5-7,10-11H,3-4,8-9,12-13H2,1-2H3/t16-/m1/s1. The van der Waals surface area contributed by atoms with Crippen molar-refractivity contribution in [3.8, 4) is 0 Å². The maximum Gasteiger partial charge on any atom is 0.157 e. The normalized spacial score (nSPS) is 24.5. The third kappa shape index (κ3) is 2.10. The van der Waals surface area contributed by atoms with E-state index in [1.54, 1.807) is 0 Å². The Morgan fingerprint density at radius 2 is 1.78 bits per heavy atom. The van der Waals surface area contributed by atoms with E-state index in [4.69, 9.17) is 0 Å². The van der Waals surface area contributed by atoms with Crippen LogP contribution in [0.15, 0.2) is 30.3 Å². The molecule has 0 bridgehead atoms. The minimum Gasteiger partial charge on any atom is -0.297 e. The van der Waals surface area contributed by atoms with Crippen molar-refractivity contribution in [2.75, 3.05) is 13.1 Å². The zero-order valence-electron chi connectivity index (χ0n) is 11.5. The van der Waals surface area contributed by atoms with Crippen LogP contribution in [-0.4, -0.2) is 23.8 Å². The van der Waals surface area contributed by atoms with Crippen molar-refractivity contribution in [2.24, 2.45) is 0 Å². The summed E-state index contributed by atoms with van der Waals surface area (Å²) < 4.78 is 0. The summed E-state index contributed by atoms with van der Waals surface area (Å²) in [5, 5.41) is 0. The van der Waals surface area contributed by atoms with E-state index in [1.807, 2.05) is 18.2 Å². The first-order valence-electron chi connectivity index (χ1n) is 7.09. The van der Waals surface area contributed by atoms with Crippen molar-refractivity contribution in [2.45, 2.75) is 45.1 Å². The largest absolute Gasteiger partial charge is 0.297 e. The monoisotopic (exact) mass is 245 g/mol. The molecule has 0 spiro atoms. The van der Waals surface area contributed by atoms with Crippen LogP contribution in [0.3, 0.4) is 0 Å². The van der Waals surface area contributed by atoms with Crippen LogP contribution in [0.2, 0.25) is 0 Å². The molecule has 2 heteroatoms. The molecule has 1 aliphatic carbocycles. The molecule has 0 saturated heterocycles. The fourth-order valence-electron chi connectivity index (χ4n) is 3.31. The number of benzene rings is 1. The third-order valence-electron chi connectivity index (χ3n) is 4.21. The third-order valence-corrected chi connectivity index (χ3v) is 4.21. The second kappa shape index (κ2) is 5.66. The minimum absolute atomic E-state index is 0.358. The highest BCUT2D eigenvalue weighted by atomic mass is 16.1. The smallest absolute Gasteiger partial charge is 0.157 e. The van der Waals surface area contributed by atoms with Crippen LogP contribution in [0.4, 0.5) is 0 Å². The molecule has 2 rings (SSSR count). The summed E-state index contributed by atoms with van der Waals surface area (Å²) in [7, 11) is 0. The summed E-state index contributed by atoms with van der Waals surface area (Å²) >= 11 is 0. The molecule has 18 heavy (non-hydrogen) atoms. The van der Waals surface area contributed by atoms with Gasteiger partial charge in [0.05, 0.1) is 0 Å². The van der Waals surface area contributed by atoms with Crippen molar-refractivity contribution in [3.05, 3.63) is 35.9 Å². The van der Waals surface area contributed by atoms with Crippen LogP contribution in [0.25, 0.3) is 0 Å². The van der Waals surface area contributed by atoms with Gasteiger partial charge in [0, 0.05) is 6.42 Å². The van der Waals surface area contributed by atoms with Crippen molar-refractivity contribution >= 4 is 5.78 Å². The lowest BCUT2D eigenvalue weighted by Crippen LogP contribution is -2.53. The van der Waals surface area contributed by atoms with Gasteiger partial charge in [-0.05, 0) is 31.5 Å². The van der Waals surface area contributed by atoms with Crippen molar-refractivity contribution in [1.29, 1.82) is 0 Å². The molecular formula is C16H23NO. The fraction of sp³-hybridized carbons (Fsp3) is 0.562. The second-order valence-corrected chi connectivity index (χ2v) is 5.03. The van der Waals surface area contributed by atoms with Gasteiger partial charge in [-0.2, -0.15) is 0 Å². The predicted octanol–water partition coefficient (Wildman–Crippen LogP) is 3.37. The topological polar surface area (TPSA) is 20.3 Å². The number of Topliss-reactive ketones (excluding diaryl/α,β-unsaturated/α-hetero) is 1. The van der Waals surface area contributed by atoms with Crippen LogP contribution < -0.4 is 0 Å². The second-order valence-electron chi connectivity index (χ2n) is 5.03. The quantitative estimate of drug-likeness (QED) is 0.810. The van der Waals surface area contributed by atoms with E-state index < -0.39 is 0 Å². The Morgan fingerprint density at radius 3 is 2.33 bits per heavy atom. The van der Waals surface area contributed by atoms with Gasteiger partial charge in [0.15, 0.2) is 5.78 Å². The van der Waals surface area contributed by atoms with E-state index in [9.17, 15) is 4.79 Å². The van der Waals surface area contributed by atoms with Gasteiger partial charge in [-0.15, -0.1) is 0 Å². The Bertz CT molecular complexity index is 397. The Hall–Kier alpha value is -1.15. The van der Waals surface area contributed by atoms with Crippen LogP contribution in [0, 0.1) is 0 Å². The molecule has 0 aromatic heterocycles. The van der Waals surface area contributed by atoms with Crippen molar-refractivity contribution < 1.29 is 4.79 Å². The molecule has 2 nitrogen and oxygen atoms in total. The first-order chi connectivity index (χ1) is 8.75. The number of carbonyl (C=O) groups is 1. The van der Waals surface area contributed by atoms with Crippen LogP contribution in [-0.2, 0) is 10.3 Å². The fourth-order valence-corrected chi connectivity index (χ4v) is 3.31. The van der Waals surface area contributed by atoms with E-state index >= 15 is 0 Å². The van der Waals surface area contributed by atoms with E-state index in [2.05, 4.69) is 30.9 Å². The van der Waals surface area contributed by atoms with Gasteiger partial charge in [0.1, 0.15) is 5.54 Å². The maximum absolute atomic E-state index is 12.6. The number of hydrogen-bond acceptors (Lipinski definition) is 2. The summed E-state index contributed by atoms with van der Waals surface area (Å²) in [5.74, 6) is 0.406. The van der Waals surface area contributed by atoms with Gasteiger partial charge in [0.2, 0.25) is 0 Å². The average molecular weight is 245 g/mol. The number of rotatable bonds is 4. The molecule has 1 aromatic carbocycles. The number of hydrogen-bond donors (Lipinski definition) is 0. The molecule has 0 radical (unpaired) electrons. The first kappa shape index (κ1) is 13.3. The van der Waals surface area contributed by atoms with Crippen molar-refractivity contribution in [3.63, 3.8) is 0 Å². The molecule has 98 valence electrons. The molecule has 0 amide bonds. The number of ketones is 1. The molecule has 1 fully saturated rings. The van der Waals surface area contributed by atoms with Gasteiger partial charge in [-0.25, -0.2) is 0 Å². The molecule has 1 saturated carbocycles. The van der Waals surface area contributed by atoms with Gasteiger partial charge < -0.3 is 0 Å². The van der Waals surface area contributed by atoms with E-state index in [-0.39, 0.29) is 5.54 Å². The highest BCUT2D eigenvalue weighted by molar-refractivity contribution is 5.90. The van der Waals surface area contributed by atoms with Crippen LogP contribution >= 0.6 is 0 Å². The first-order valence-corrected chi connectivity index (χ1v) is 7.09. The lowest BCUT2D eigenvalue weighted by Gasteiger charge is -2.44. The summed E-state index contributed by atoms with van der Waals surface area (Å²) in [5.41, 5.74) is 0.821. The van der Waals surface area contributed by atoms with Crippen molar-refractivity contribution in [1.82, 2.24) is 4.90 Å². The van der Waals surface area contributed by atoms with E-state index in [1.165, 1.54) is 5.56 Å². The van der Waals surface area contributed by atoms with Gasteiger partial charge in [0.25, 0.3) is 0 Å². The summed E-state index contributed by atoms with van der Waals surface area (Å²) in [6.07, 6.45) is 3.90. The average Bonchev–Trinajstić information content (AvgIpc) is 2.43. The number of likely N-dealkylation sites (N-methyl/N-ethyl adjacent to an activating group) is 1. The molecule has 0 N–H and O–H groups in total. The molecule has 1 aromatic rings. The van der Waals surface area contributed by atoms with E-state index in [0.717, 1.165) is 38.8 Å². The SMILES string of the molecule is CCN(CC)[C@@]1(c2ccccc2)CCCCC1=O. The Morgan fingerprint density at radius 1 is 1.11 bits per heavy atom. The summed E-state index contributed by atoms with van der Waals surface area (Å²) in [6.45, 7) is 6.15. The number of carbonyl (C=O) groups excluding carboxylic acids is 1. The highest BCUT2D eigenvalue weighted by Crippen LogP contribution is 2.39. The van der Waals surface area contributed by atoms with Gasteiger partial charge in [-0.3, -0.25) is 9.69 Å². The lowest BCUT2D eigenvalue weighted by atomic mass is 9.74. The summed E-state index contributed by atoms with van der Waals surface area (Å²) in [6, 6.07) is 10.3. The summed E-state index contributed by atoms with van der Waals surface area (Å²) in [4.78, 5) is 15.0. The number of nitrogens with zero attached hydrogens (tertiary/aromatic N) is 1. The molecule has 0 unspecified atom stereocenters. The highest BCUT2D eigenvalue weighted by Gasteiger charge is 2.44. The maximum atomic E-state index is 12.6. The Kier molecular flexibility index (Phi) is 4.18. The Labute approximate surface area is 110 Å². The van der Waals surface area contributed by atoms with Gasteiger partial charge >= 0.3 is 0 Å². The molecule has 0 aliphatic heterocycles. The molecule has 1 aliphatic rings. The lowest BCUT2D eigenvalue weighted by molar-refractivity contribution is -0.135.